The van der Waals surface area contributed by atoms with Gasteiger partial charge in [-0.05, 0) is 31.3 Å². The molecular formula is C7H12NO-. The van der Waals surface area contributed by atoms with Crippen molar-refractivity contribution in [3.05, 3.63) is 7.05 Å². The summed E-state index contributed by atoms with van der Waals surface area (Å²) in [5, 5.41) is 9.28. The number of aliphatic hydroxyl groups is 1. The van der Waals surface area contributed by atoms with Gasteiger partial charge in [-0.3, -0.25) is 7.05 Å². The van der Waals surface area contributed by atoms with Crippen LogP contribution in [0.3, 0.4) is 0 Å². The van der Waals surface area contributed by atoms with E-state index < -0.39 is 0 Å². The summed E-state index contributed by atoms with van der Waals surface area (Å²) in [6.45, 7) is 1.01. The van der Waals surface area contributed by atoms with Crippen molar-refractivity contribution < 1.29 is 5.11 Å². The molecule has 2 aliphatic rings. The Balaban J connectivity index is 2.10. The molecule has 52 valence electrons. The molecule has 0 aromatic heterocycles. The van der Waals surface area contributed by atoms with Crippen LogP contribution in [-0.2, 0) is 0 Å². The van der Waals surface area contributed by atoms with Gasteiger partial charge in [-0.2, -0.15) is 0 Å². The highest BCUT2D eigenvalue weighted by molar-refractivity contribution is 4.96. The monoisotopic (exact) mass is 126 g/mol. The molecule has 3 atom stereocenters. The van der Waals surface area contributed by atoms with Crippen LogP contribution in [0.15, 0.2) is 0 Å². The zero-order valence-corrected chi connectivity index (χ0v) is 5.45. The first-order chi connectivity index (χ1) is 4.27. The van der Waals surface area contributed by atoms with Crippen molar-refractivity contribution in [2.45, 2.75) is 25.0 Å². The average molecular weight is 126 g/mol. The Morgan fingerprint density at radius 2 is 2.22 bits per heavy atom. The van der Waals surface area contributed by atoms with E-state index in [0.717, 1.165) is 13.0 Å². The molecule has 9 heavy (non-hydrogen) atoms. The lowest BCUT2D eigenvalue weighted by Gasteiger charge is -2.31. The van der Waals surface area contributed by atoms with Gasteiger partial charge in [-0.1, -0.05) is 0 Å². The number of hydrogen-bond donors (Lipinski definition) is 1. The van der Waals surface area contributed by atoms with E-state index in [4.69, 9.17) is 0 Å². The molecular weight excluding hydrogens is 114 g/mol. The molecule has 1 aliphatic carbocycles. The molecule has 2 bridgehead atoms. The zero-order chi connectivity index (χ0) is 6.43. The van der Waals surface area contributed by atoms with Gasteiger partial charge in [-0.25, -0.2) is 0 Å². The van der Waals surface area contributed by atoms with Crippen molar-refractivity contribution >= 4 is 0 Å². The zero-order valence-electron chi connectivity index (χ0n) is 5.45. The topological polar surface area (TPSA) is 23.5 Å². The van der Waals surface area contributed by atoms with E-state index in [9.17, 15) is 5.11 Å². The average Bonchev–Trinajstić information content (AvgIpc) is 2.24. The molecule has 1 heterocycles. The van der Waals surface area contributed by atoms with Gasteiger partial charge in [0, 0.05) is 0 Å². The molecule has 2 fully saturated rings. The SMILES string of the molecule is [CH2-]N1CC2CC1C[C@H]2O. The number of fused-ring (bicyclic) bond motifs is 2. The van der Waals surface area contributed by atoms with E-state index in [1.165, 1.54) is 6.42 Å². The van der Waals surface area contributed by atoms with Gasteiger partial charge in [-0.15, -0.1) is 0 Å². The highest BCUT2D eigenvalue weighted by Crippen LogP contribution is 2.36. The normalized spacial score (nSPS) is 50.7. The fourth-order valence-corrected chi connectivity index (χ4v) is 2.02. The van der Waals surface area contributed by atoms with Gasteiger partial charge in [0.1, 0.15) is 0 Å². The van der Waals surface area contributed by atoms with Crippen LogP contribution in [0.1, 0.15) is 12.8 Å². The van der Waals surface area contributed by atoms with Crippen molar-refractivity contribution in [1.29, 1.82) is 0 Å². The Kier molecular flexibility index (Phi) is 1.08. The number of hydrogen-bond acceptors (Lipinski definition) is 2. The maximum Gasteiger partial charge on any atom is 0.0594 e. The largest absolute Gasteiger partial charge is 0.456 e. The van der Waals surface area contributed by atoms with E-state index in [1.54, 1.807) is 0 Å². The highest BCUT2D eigenvalue weighted by atomic mass is 16.3. The fourth-order valence-electron chi connectivity index (χ4n) is 2.02. The minimum Gasteiger partial charge on any atom is -0.456 e. The third-order valence-electron chi connectivity index (χ3n) is 2.62. The molecule has 1 saturated heterocycles. The molecule has 2 heteroatoms. The van der Waals surface area contributed by atoms with Crippen LogP contribution in [0.2, 0.25) is 0 Å². The maximum atomic E-state index is 9.28. The Morgan fingerprint density at radius 1 is 1.44 bits per heavy atom. The second-order valence-electron chi connectivity index (χ2n) is 3.22. The number of aliphatic hydroxyl groups excluding tert-OH is 1. The van der Waals surface area contributed by atoms with Crippen LogP contribution in [0, 0.1) is 13.0 Å². The third kappa shape index (κ3) is 0.700. The Hall–Kier alpha value is -0.0800. The van der Waals surface area contributed by atoms with Crippen LogP contribution in [0.5, 0.6) is 0 Å². The first kappa shape index (κ1) is 5.69. The standard InChI is InChI=1S/C7H12NO/c1-8-4-5-2-6(8)3-7(5)9/h5-7,9H,1-4H2/q-1/t5?,6?,7-/m1/s1. The van der Waals surface area contributed by atoms with Crippen LogP contribution < -0.4 is 0 Å². The lowest BCUT2D eigenvalue weighted by Crippen LogP contribution is -2.32. The van der Waals surface area contributed by atoms with Crippen molar-refractivity contribution in [3.8, 4) is 0 Å². The van der Waals surface area contributed by atoms with Crippen LogP contribution in [0.4, 0.5) is 0 Å². The maximum absolute atomic E-state index is 9.28. The first-order valence-corrected chi connectivity index (χ1v) is 3.52. The third-order valence-corrected chi connectivity index (χ3v) is 2.62. The number of rotatable bonds is 0. The molecule has 1 saturated carbocycles. The van der Waals surface area contributed by atoms with E-state index in [2.05, 4.69) is 11.9 Å². The second-order valence-corrected chi connectivity index (χ2v) is 3.22. The van der Waals surface area contributed by atoms with Gasteiger partial charge < -0.3 is 10.0 Å². The molecule has 1 N–H and O–H groups in total. The van der Waals surface area contributed by atoms with Gasteiger partial charge >= 0.3 is 0 Å². The summed E-state index contributed by atoms with van der Waals surface area (Å²) in [5.74, 6) is 0.535. The lowest BCUT2D eigenvalue weighted by atomic mass is 10.1. The lowest BCUT2D eigenvalue weighted by molar-refractivity contribution is 0.0906. The summed E-state index contributed by atoms with van der Waals surface area (Å²) >= 11 is 0. The summed E-state index contributed by atoms with van der Waals surface area (Å²) in [5.41, 5.74) is 0. The molecule has 2 unspecified atom stereocenters. The summed E-state index contributed by atoms with van der Waals surface area (Å²) < 4.78 is 0. The summed E-state index contributed by atoms with van der Waals surface area (Å²) in [7, 11) is 3.88. The van der Waals surface area contributed by atoms with Crippen molar-refractivity contribution in [2.75, 3.05) is 6.54 Å². The van der Waals surface area contributed by atoms with Crippen molar-refractivity contribution in [1.82, 2.24) is 4.90 Å². The van der Waals surface area contributed by atoms with Gasteiger partial charge in [0.25, 0.3) is 0 Å². The number of likely N-dealkylation sites (tertiary alicyclic amines) is 1. The summed E-state index contributed by atoms with van der Waals surface area (Å²) in [6, 6.07) is 0.588. The fraction of sp³-hybridized carbons (Fsp3) is 0.857. The predicted molar refractivity (Wildman–Crippen MR) is 34.6 cm³/mol. The van der Waals surface area contributed by atoms with E-state index in [0.29, 0.717) is 12.0 Å². The molecule has 0 aromatic rings. The van der Waals surface area contributed by atoms with Crippen LogP contribution >= 0.6 is 0 Å². The summed E-state index contributed by atoms with van der Waals surface area (Å²) in [6.07, 6.45) is 2.10. The Bertz CT molecular complexity index is 108. The minimum atomic E-state index is -0.0204. The van der Waals surface area contributed by atoms with Crippen molar-refractivity contribution in [3.63, 3.8) is 0 Å². The first-order valence-electron chi connectivity index (χ1n) is 3.52. The smallest absolute Gasteiger partial charge is 0.0594 e. The molecule has 0 amide bonds. The van der Waals surface area contributed by atoms with E-state index >= 15 is 0 Å². The van der Waals surface area contributed by atoms with Crippen molar-refractivity contribution in [2.24, 2.45) is 5.92 Å². The molecule has 2 rings (SSSR count). The molecule has 0 aromatic carbocycles. The quantitative estimate of drug-likeness (QED) is 0.470. The summed E-state index contributed by atoms with van der Waals surface area (Å²) in [4.78, 5) is 2.11. The predicted octanol–water partition coefficient (Wildman–Crippen LogP) is 0.233. The van der Waals surface area contributed by atoms with Gasteiger partial charge in [0.15, 0.2) is 0 Å². The molecule has 0 spiro atoms. The van der Waals surface area contributed by atoms with Gasteiger partial charge in [0.05, 0.1) is 6.10 Å². The Morgan fingerprint density at radius 3 is 2.56 bits per heavy atom. The number of piperidine rings is 1. The van der Waals surface area contributed by atoms with E-state index in [1.807, 2.05) is 0 Å². The van der Waals surface area contributed by atoms with Crippen LogP contribution in [0.25, 0.3) is 0 Å². The van der Waals surface area contributed by atoms with Crippen LogP contribution in [-0.4, -0.2) is 28.7 Å². The number of nitrogens with zero attached hydrogens (tertiary/aromatic N) is 1. The second kappa shape index (κ2) is 1.70. The molecule has 0 radical (unpaired) electrons. The van der Waals surface area contributed by atoms with E-state index in [-0.39, 0.29) is 6.10 Å². The molecule has 2 nitrogen and oxygen atoms in total. The highest BCUT2D eigenvalue weighted by Gasteiger charge is 2.38. The molecule has 1 aliphatic heterocycles. The Labute approximate surface area is 55.5 Å². The minimum absolute atomic E-state index is 0.0204. The van der Waals surface area contributed by atoms with Gasteiger partial charge in [0.2, 0.25) is 0 Å².